The summed E-state index contributed by atoms with van der Waals surface area (Å²) in [7, 11) is 0. The van der Waals surface area contributed by atoms with Crippen molar-refractivity contribution >= 4 is 28.3 Å². The minimum Gasteiger partial charge on any atom is -0.505 e. The fraction of sp³-hybridized carbons (Fsp3) is 0.0909. The van der Waals surface area contributed by atoms with Gasteiger partial charge in [-0.25, -0.2) is 14.4 Å². The third kappa shape index (κ3) is 3.37. The van der Waals surface area contributed by atoms with Gasteiger partial charge < -0.3 is 10.4 Å². The second kappa shape index (κ2) is 7.44. The van der Waals surface area contributed by atoms with E-state index in [1.807, 2.05) is 31.2 Å². The minimum atomic E-state index is -0.754. The zero-order valence-corrected chi connectivity index (χ0v) is 15.8. The quantitative estimate of drug-likeness (QED) is 0.471. The van der Waals surface area contributed by atoms with Gasteiger partial charge in [0.15, 0.2) is 0 Å². The summed E-state index contributed by atoms with van der Waals surface area (Å²) in [5.41, 5.74) is 1.93. The number of halogens is 2. The number of nitrogens with one attached hydrogen (secondary N) is 1. The van der Waals surface area contributed by atoms with Gasteiger partial charge in [-0.2, -0.15) is 0 Å². The molecule has 6 heteroatoms. The van der Waals surface area contributed by atoms with E-state index in [0.717, 1.165) is 11.1 Å². The summed E-state index contributed by atoms with van der Waals surface area (Å²) in [5.74, 6) is 0.0371. The molecule has 1 unspecified atom stereocenters. The number of pyridine rings is 2. The van der Waals surface area contributed by atoms with Crippen molar-refractivity contribution < 1.29 is 9.50 Å². The number of phenolic OH excluding ortho intramolecular Hbond substituents is 1. The second-order valence-corrected chi connectivity index (χ2v) is 6.86. The minimum absolute atomic E-state index is 0.0195. The van der Waals surface area contributed by atoms with Crippen molar-refractivity contribution in [3.05, 3.63) is 94.5 Å². The van der Waals surface area contributed by atoms with E-state index < -0.39 is 11.9 Å². The summed E-state index contributed by atoms with van der Waals surface area (Å²) in [6.45, 7) is 1.85. The van der Waals surface area contributed by atoms with E-state index in [9.17, 15) is 9.50 Å². The number of hydrogen-bond donors (Lipinski definition) is 2. The number of nitrogens with zero attached hydrogens (tertiary/aromatic N) is 2. The summed E-state index contributed by atoms with van der Waals surface area (Å²) in [6.07, 6.45) is 1.63. The van der Waals surface area contributed by atoms with E-state index in [0.29, 0.717) is 16.9 Å². The van der Waals surface area contributed by atoms with Crippen LogP contribution >= 0.6 is 11.6 Å². The molecular weight excluding hydrogens is 377 g/mol. The molecule has 0 amide bonds. The maximum atomic E-state index is 14.8. The Morgan fingerprint density at radius 2 is 1.86 bits per heavy atom. The van der Waals surface area contributed by atoms with Gasteiger partial charge in [0.05, 0.1) is 6.04 Å². The van der Waals surface area contributed by atoms with Gasteiger partial charge >= 0.3 is 0 Å². The van der Waals surface area contributed by atoms with Gasteiger partial charge in [-0.15, -0.1) is 0 Å². The molecule has 2 aromatic heterocycles. The normalized spacial score (nSPS) is 12.1. The summed E-state index contributed by atoms with van der Waals surface area (Å²) in [4.78, 5) is 8.70. The van der Waals surface area contributed by atoms with Gasteiger partial charge in [0.2, 0.25) is 0 Å². The van der Waals surface area contributed by atoms with Gasteiger partial charge in [-0.3, -0.25) is 0 Å². The molecule has 2 aromatic carbocycles. The smallest absolute Gasteiger partial charge is 0.147 e. The highest BCUT2D eigenvalue weighted by Gasteiger charge is 2.25. The first-order valence-electron chi connectivity index (χ1n) is 8.75. The number of aromatic nitrogens is 2. The number of anilines is 1. The van der Waals surface area contributed by atoms with Crippen molar-refractivity contribution in [1.82, 2.24) is 9.97 Å². The molecule has 4 nitrogen and oxygen atoms in total. The van der Waals surface area contributed by atoms with Gasteiger partial charge in [0.1, 0.15) is 22.9 Å². The number of rotatable bonds is 4. The number of benzene rings is 2. The van der Waals surface area contributed by atoms with Crippen molar-refractivity contribution in [3.8, 4) is 5.75 Å². The average molecular weight is 394 g/mol. The zero-order valence-electron chi connectivity index (χ0n) is 15.0. The molecule has 0 spiro atoms. The molecule has 0 saturated carbocycles. The fourth-order valence-electron chi connectivity index (χ4n) is 3.21. The molecule has 2 N–H and O–H groups in total. The van der Waals surface area contributed by atoms with Gasteiger partial charge in [0.25, 0.3) is 0 Å². The molecule has 0 aliphatic carbocycles. The topological polar surface area (TPSA) is 58.0 Å². The predicted octanol–water partition coefficient (Wildman–Crippen LogP) is 5.64. The second-order valence-electron chi connectivity index (χ2n) is 6.46. The van der Waals surface area contributed by atoms with E-state index in [-0.39, 0.29) is 16.3 Å². The number of phenols is 1. The van der Waals surface area contributed by atoms with E-state index >= 15 is 0 Å². The summed E-state index contributed by atoms with van der Waals surface area (Å²) in [5, 5.41) is 15.2. The Labute approximate surface area is 166 Å². The summed E-state index contributed by atoms with van der Waals surface area (Å²) >= 11 is 6.34. The number of hydrogen-bond acceptors (Lipinski definition) is 4. The molecule has 1 atom stereocenters. The molecular formula is C22H17ClFN3O. The number of aryl methyl sites for hydroxylation is 1. The van der Waals surface area contributed by atoms with Crippen LogP contribution in [0.5, 0.6) is 5.75 Å². The van der Waals surface area contributed by atoms with Crippen LogP contribution in [-0.2, 0) is 0 Å². The van der Waals surface area contributed by atoms with E-state index in [1.54, 1.807) is 36.5 Å². The zero-order chi connectivity index (χ0) is 19.7. The largest absolute Gasteiger partial charge is 0.505 e. The summed E-state index contributed by atoms with van der Waals surface area (Å²) in [6, 6.07) is 16.5. The van der Waals surface area contributed by atoms with Crippen LogP contribution < -0.4 is 5.32 Å². The SMILES string of the molecule is Cc1ccc2ccc(C(Nc3ccccn3)c3c(F)cccc3Cl)c(O)c2n1. The highest BCUT2D eigenvalue weighted by atomic mass is 35.5. The van der Waals surface area contributed by atoms with Gasteiger partial charge in [0, 0.05) is 33.4 Å². The van der Waals surface area contributed by atoms with Crippen LogP contribution in [0.3, 0.4) is 0 Å². The molecule has 4 rings (SSSR count). The first kappa shape index (κ1) is 18.2. The predicted molar refractivity (Wildman–Crippen MR) is 109 cm³/mol. The molecule has 2 heterocycles. The van der Waals surface area contributed by atoms with Crippen LogP contribution in [0.25, 0.3) is 10.9 Å². The first-order chi connectivity index (χ1) is 13.5. The third-order valence-corrected chi connectivity index (χ3v) is 4.89. The lowest BCUT2D eigenvalue weighted by atomic mass is 9.95. The average Bonchev–Trinajstić information content (AvgIpc) is 2.69. The van der Waals surface area contributed by atoms with Crippen molar-refractivity contribution in [2.24, 2.45) is 0 Å². The summed E-state index contributed by atoms with van der Waals surface area (Å²) < 4.78 is 14.8. The third-order valence-electron chi connectivity index (χ3n) is 4.56. The lowest BCUT2D eigenvalue weighted by Crippen LogP contribution is -2.16. The Balaban J connectivity index is 1.93. The molecule has 4 aromatic rings. The molecule has 28 heavy (non-hydrogen) atoms. The van der Waals surface area contributed by atoms with E-state index in [2.05, 4.69) is 15.3 Å². The molecule has 0 saturated heterocycles. The van der Waals surface area contributed by atoms with Gasteiger partial charge in [-0.1, -0.05) is 41.9 Å². The van der Waals surface area contributed by atoms with Crippen LogP contribution in [0, 0.1) is 12.7 Å². The highest BCUT2D eigenvalue weighted by Crippen LogP contribution is 2.39. The maximum absolute atomic E-state index is 14.8. The van der Waals surface area contributed by atoms with Crippen LogP contribution in [0.15, 0.2) is 66.9 Å². The van der Waals surface area contributed by atoms with Crippen molar-refractivity contribution in [2.75, 3.05) is 5.32 Å². The van der Waals surface area contributed by atoms with Crippen LogP contribution in [0.4, 0.5) is 10.2 Å². The van der Waals surface area contributed by atoms with E-state index in [1.165, 1.54) is 6.07 Å². The Morgan fingerprint density at radius 3 is 2.61 bits per heavy atom. The first-order valence-corrected chi connectivity index (χ1v) is 9.13. The Bertz CT molecular complexity index is 1130. The number of fused-ring (bicyclic) bond motifs is 1. The molecule has 140 valence electrons. The lowest BCUT2D eigenvalue weighted by molar-refractivity contribution is 0.470. The van der Waals surface area contributed by atoms with Crippen LogP contribution in [0.2, 0.25) is 5.02 Å². The van der Waals surface area contributed by atoms with Crippen molar-refractivity contribution in [3.63, 3.8) is 0 Å². The molecule has 0 bridgehead atoms. The van der Waals surface area contributed by atoms with E-state index in [4.69, 9.17) is 11.6 Å². The highest BCUT2D eigenvalue weighted by molar-refractivity contribution is 6.31. The monoisotopic (exact) mass is 393 g/mol. The number of aromatic hydroxyl groups is 1. The van der Waals surface area contributed by atoms with Gasteiger partial charge in [-0.05, 0) is 37.3 Å². The standard InChI is InChI=1S/C22H17ClFN3O/c1-13-8-9-14-10-11-15(22(28)20(14)26-13)21(27-18-7-2-3-12-25-18)19-16(23)5-4-6-17(19)24/h2-12,21,28H,1H3,(H,25,27). The lowest BCUT2D eigenvalue weighted by Gasteiger charge is -2.23. The molecule has 0 aliphatic rings. The molecule has 0 fully saturated rings. The molecule has 0 aliphatic heterocycles. The Kier molecular flexibility index (Phi) is 4.84. The Hall–Kier alpha value is -3.18. The fourth-order valence-corrected chi connectivity index (χ4v) is 3.48. The molecule has 0 radical (unpaired) electrons. The van der Waals surface area contributed by atoms with Crippen molar-refractivity contribution in [1.29, 1.82) is 0 Å². The maximum Gasteiger partial charge on any atom is 0.147 e. The van der Waals surface area contributed by atoms with Crippen molar-refractivity contribution in [2.45, 2.75) is 13.0 Å². The Morgan fingerprint density at radius 1 is 1.04 bits per heavy atom. The van der Waals surface area contributed by atoms with Crippen LogP contribution in [0.1, 0.15) is 22.9 Å². The van der Waals surface area contributed by atoms with Crippen LogP contribution in [-0.4, -0.2) is 15.1 Å².